The van der Waals surface area contributed by atoms with Gasteiger partial charge in [-0.05, 0) is 11.6 Å². The molecule has 0 aromatic heterocycles. The molecule has 0 aliphatic carbocycles. The highest BCUT2D eigenvalue weighted by Gasteiger charge is 2.03. The summed E-state index contributed by atoms with van der Waals surface area (Å²) < 4.78 is 0. The van der Waals surface area contributed by atoms with Crippen molar-refractivity contribution in [2.45, 2.75) is 6.42 Å². The average molecular weight is 217 g/mol. The second-order valence-corrected chi connectivity index (χ2v) is 3.40. The average Bonchev–Trinajstić information content (AvgIpc) is 2.29. The number of carbonyl (C=O) groups excluding carboxylic acids is 1. The van der Waals surface area contributed by atoms with Gasteiger partial charge in [-0.25, -0.2) is 0 Å². The van der Waals surface area contributed by atoms with E-state index in [4.69, 9.17) is 0 Å². The lowest BCUT2D eigenvalue weighted by atomic mass is 10.1. The van der Waals surface area contributed by atoms with Crippen molar-refractivity contribution in [2.75, 3.05) is 7.05 Å². The number of nitrogens with one attached hydrogen (secondary N) is 1. The van der Waals surface area contributed by atoms with E-state index >= 15 is 0 Å². The summed E-state index contributed by atoms with van der Waals surface area (Å²) in [4.78, 5) is 11.1. The van der Waals surface area contributed by atoms with Gasteiger partial charge in [-0.3, -0.25) is 4.79 Å². The van der Waals surface area contributed by atoms with Crippen LogP contribution < -0.4 is 5.32 Å². The third-order valence-electron chi connectivity index (χ3n) is 2.09. The molecule has 1 amide bonds. The smallest absolute Gasteiger partial charge is 0.250 e. The van der Waals surface area contributed by atoms with E-state index in [0.717, 1.165) is 5.56 Å². The Labute approximate surface area is 95.1 Å². The van der Waals surface area contributed by atoms with E-state index in [0.29, 0.717) is 6.42 Å². The van der Waals surface area contributed by atoms with Crippen LogP contribution in [0.4, 0.5) is 0 Å². The number of amides is 1. The number of hydrogen-bond acceptors (Lipinski definition) is 2. The summed E-state index contributed by atoms with van der Waals surface area (Å²) in [6.07, 6.45) is 1.78. The van der Waals surface area contributed by atoms with Crippen LogP contribution in [0.2, 0.25) is 0 Å². The fourth-order valence-electron chi connectivity index (χ4n) is 1.28. The molecule has 0 aliphatic heterocycles. The molecule has 2 N–H and O–H groups in total. The number of likely N-dealkylation sites (N-methyl/N-ethyl adjacent to an activating group) is 1. The van der Waals surface area contributed by atoms with Gasteiger partial charge in [0.25, 0.3) is 5.91 Å². The van der Waals surface area contributed by atoms with Crippen molar-refractivity contribution in [2.24, 2.45) is 0 Å². The molecule has 1 aromatic rings. The zero-order valence-corrected chi connectivity index (χ0v) is 9.23. The SMILES string of the molecule is C=C(/C=C(\O)Cc1ccccc1)C(=O)NC. The molecule has 0 unspecified atom stereocenters. The molecule has 0 aliphatic rings. The third-order valence-corrected chi connectivity index (χ3v) is 2.09. The molecule has 1 rings (SSSR count). The van der Waals surface area contributed by atoms with Crippen molar-refractivity contribution in [1.82, 2.24) is 5.32 Å². The minimum absolute atomic E-state index is 0.125. The third kappa shape index (κ3) is 3.61. The van der Waals surface area contributed by atoms with E-state index in [1.807, 2.05) is 30.3 Å². The van der Waals surface area contributed by atoms with Gasteiger partial charge < -0.3 is 10.4 Å². The summed E-state index contributed by atoms with van der Waals surface area (Å²) in [7, 11) is 1.52. The van der Waals surface area contributed by atoms with E-state index in [2.05, 4.69) is 11.9 Å². The van der Waals surface area contributed by atoms with E-state index in [9.17, 15) is 9.90 Å². The quantitative estimate of drug-likeness (QED) is 0.460. The van der Waals surface area contributed by atoms with Crippen LogP contribution in [0.3, 0.4) is 0 Å². The lowest BCUT2D eigenvalue weighted by molar-refractivity contribution is -0.116. The van der Waals surface area contributed by atoms with Gasteiger partial charge in [0.2, 0.25) is 0 Å². The minimum Gasteiger partial charge on any atom is -0.512 e. The first-order valence-corrected chi connectivity index (χ1v) is 4.98. The van der Waals surface area contributed by atoms with Crippen molar-refractivity contribution in [1.29, 1.82) is 0 Å². The van der Waals surface area contributed by atoms with Gasteiger partial charge in [0.05, 0.1) is 5.76 Å². The first-order valence-electron chi connectivity index (χ1n) is 4.98. The van der Waals surface area contributed by atoms with Gasteiger partial charge in [0, 0.05) is 19.0 Å². The van der Waals surface area contributed by atoms with E-state index in [-0.39, 0.29) is 17.2 Å². The molecular weight excluding hydrogens is 202 g/mol. The lowest BCUT2D eigenvalue weighted by Gasteiger charge is -2.02. The summed E-state index contributed by atoms with van der Waals surface area (Å²) in [5, 5.41) is 12.1. The minimum atomic E-state index is -0.292. The molecule has 1 aromatic carbocycles. The van der Waals surface area contributed by atoms with Crippen LogP contribution in [0.5, 0.6) is 0 Å². The van der Waals surface area contributed by atoms with Gasteiger partial charge >= 0.3 is 0 Å². The molecule has 3 heteroatoms. The topological polar surface area (TPSA) is 49.3 Å². The molecule has 84 valence electrons. The predicted molar refractivity (Wildman–Crippen MR) is 64.1 cm³/mol. The molecular formula is C13H15NO2. The number of hydrogen-bond donors (Lipinski definition) is 2. The molecule has 0 saturated heterocycles. The van der Waals surface area contributed by atoms with Crippen LogP contribution >= 0.6 is 0 Å². The van der Waals surface area contributed by atoms with Crippen molar-refractivity contribution < 1.29 is 9.90 Å². The molecule has 0 bridgehead atoms. The van der Waals surface area contributed by atoms with E-state index in [1.165, 1.54) is 13.1 Å². The molecule has 3 nitrogen and oxygen atoms in total. The normalized spacial score (nSPS) is 10.9. The number of aliphatic hydroxyl groups excluding tert-OH is 1. The first kappa shape index (κ1) is 12.0. The van der Waals surface area contributed by atoms with Crippen LogP contribution in [-0.4, -0.2) is 18.1 Å². The summed E-state index contributed by atoms with van der Waals surface area (Å²) in [6.45, 7) is 3.56. The largest absolute Gasteiger partial charge is 0.512 e. The maximum absolute atomic E-state index is 11.1. The maximum Gasteiger partial charge on any atom is 0.250 e. The summed E-state index contributed by atoms with van der Waals surface area (Å²) in [5.74, 6) is -0.167. The predicted octanol–water partition coefficient (Wildman–Crippen LogP) is 1.97. The summed E-state index contributed by atoms with van der Waals surface area (Å²) in [5.41, 5.74) is 1.23. The maximum atomic E-state index is 11.1. The number of allylic oxidation sites excluding steroid dienone is 1. The van der Waals surface area contributed by atoms with Gasteiger partial charge in [0.1, 0.15) is 0 Å². The van der Waals surface area contributed by atoms with Gasteiger partial charge in [-0.15, -0.1) is 0 Å². The zero-order chi connectivity index (χ0) is 12.0. The lowest BCUT2D eigenvalue weighted by Crippen LogP contribution is -2.18. The van der Waals surface area contributed by atoms with E-state index in [1.54, 1.807) is 0 Å². The fraction of sp³-hybridized carbons (Fsp3) is 0.154. The summed E-state index contributed by atoms with van der Waals surface area (Å²) >= 11 is 0. The highest BCUT2D eigenvalue weighted by Crippen LogP contribution is 2.07. The van der Waals surface area contributed by atoms with E-state index < -0.39 is 0 Å². The van der Waals surface area contributed by atoms with Crippen LogP contribution in [0.15, 0.2) is 54.3 Å². The molecule has 0 fully saturated rings. The Morgan fingerprint density at radius 3 is 2.62 bits per heavy atom. The number of carbonyl (C=O) groups is 1. The Morgan fingerprint density at radius 2 is 2.06 bits per heavy atom. The molecule has 16 heavy (non-hydrogen) atoms. The number of rotatable bonds is 4. The van der Waals surface area contributed by atoms with Gasteiger partial charge in [-0.1, -0.05) is 36.9 Å². The van der Waals surface area contributed by atoms with Crippen LogP contribution in [0.1, 0.15) is 5.56 Å². The van der Waals surface area contributed by atoms with Crippen molar-refractivity contribution in [3.63, 3.8) is 0 Å². The highest BCUT2D eigenvalue weighted by molar-refractivity contribution is 5.95. The number of benzene rings is 1. The Kier molecular flexibility index (Phi) is 4.33. The zero-order valence-electron chi connectivity index (χ0n) is 9.23. The monoisotopic (exact) mass is 217 g/mol. The second kappa shape index (κ2) is 5.75. The standard InChI is InChI=1S/C13H15NO2/c1-10(13(16)14-2)8-12(15)9-11-6-4-3-5-7-11/h3-8,15H,1,9H2,2H3,(H,14,16)/b12-8-. The summed E-state index contributed by atoms with van der Waals surface area (Å²) in [6, 6.07) is 9.53. The molecule has 0 heterocycles. The molecule has 0 spiro atoms. The van der Waals surface area contributed by atoms with Crippen LogP contribution in [-0.2, 0) is 11.2 Å². The van der Waals surface area contributed by atoms with Crippen molar-refractivity contribution >= 4 is 5.91 Å². The van der Waals surface area contributed by atoms with Crippen LogP contribution in [0, 0.1) is 0 Å². The van der Waals surface area contributed by atoms with Gasteiger partial charge in [0.15, 0.2) is 0 Å². The van der Waals surface area contributed by atoms with Gasteiger partial charge in [-0.2, -0.15) is 0 Å². The Hall–Kier alpha value is -2.03. The second-order valence-electron chi connectivity index (χ2n) is 3.40. The first-order chi connectivity index (χ1) is 7.63. The number of aliphatic hydroxyl groups is 1. The highest BCUT2D eigenvalue weighted by atomic mass is 16.3. The molecule has 0 saturated carbocycles. The Morgan fingerprint density at radius 1 is 1.44 bits per heavy atom. The Balaban J connectivity index is 2.65. The fourth-order valence-corrected chi connectivity index (χ4v) is 1.28. The molecule has 0 radical (unpaired) electrons. The molecule has 0 atom stereocenters. The van der Waals surface area contributed by atoms with Crippen molar-refractivity contribution in [3.8, 4) is 0 Å². The van der Waals surface area contributed by atoms with Crippen molar-refractivity contribution in [3.05, 3.63) is 59.9 Å². The van der Waals surface area contributed by atoms with Crippen LogP contribution in [0.25, 0.3) is 0 Å². The Bertz CT molecular complexity index is 407.